The fourth-order valence-electron chi connectivity index (χ4n) is 3.39. The Morgan fingerprint density at radius 3 is 2.00 bits per heavy atom. The molecule has 0 saturated heterocycles. The zero-order valence-electron chi connectivity index (χ0n) is 17.3. The highest BCUT2D eigenvalue weighted by Gasteiger charge is 2.37. The van der Waals surface area contributed by atoms with E-state index in [4.69, 9.17) is 0 Å². The van der Waals surface area contributed by atoms with Crippen molar-refractivity contribution in [1.82, 2.24) is 9.97 Å². The zero-order valence-corrected chi connectivity index (χ0v) is 18.2. The molecule has 172 valence electrons. The van der Waals surface area contributed by atoms with E-state index in [1.807, 2.05) is 29.6 Å². The van der Waals surface area contributed by atoms with Gasteiger partial charge in [-0.05, 0) is 35.2 Å². The topological polar surface area (TPSA) is 37.8 Å². The summed E-state index contributed by atoms with van der Waals surface area (Å²) in [4.78, 5) is 8.86. The molecule has 0 aliphatic heterocycles. The Morgan fingerprint density at radius 2 is 1.45 bits per heavy atom. The Hall–Kier alpha value is -3.14. The van der Waals surface area contributed by atoms with E-state index in [0.29, 0.717) is 28.3 Å². The van der Waals surface area contributed by atoms with E-state index >= 15 is 0 Å². The number of anilines is 2. The number of aromatic nitrogens is 2. The number of nitrogens with zero attached hydrogens (tertiary/aromatic N) is 2. The Kier molecular flexibility index (Phi) is 5.81. The number of fused-ring (bicyclic) bond motifs is 1. The second kappa shape index (κ2) is 8.33. The summed E-state index contributed by atoms with van der Waals surface area (Å²) in [6.07, 6.45) is -8.67. The maximum absolute atomic E-state index is 13.2. The summed E-state index contributed by atoms with van der Waals surface area (Å²) in [5.74, 6) is 0.458. The second-order valence-electron chi connectivity index (χ2n) is 7.75. The van der Waals surface area contributed by atoms with Crippen LogP contribution in [0, 0.1) is 0 Å². The number of thiophene rings is 1. The lowest BCUT2D eigenvalue weighted by atomic mass is 9.99. The molecule has 0 atom stereocenters. The third kappa shape index (κ3) is 4.80. The third-order valence-corrected chi connectivity index (χ3v) is 6.00. The summed E-state index contributed by atoms with van der Waals surface area (Å²) >= 11 is 1.31. The van der Waals surface area contributed by atoms with Gasteiger partial charge in [0.25, 0.3) is 0 Å². The minimum absolute atomic E-state index is 0.0903. The first-order valence-corrected chi connectivity index (χ1v) is 10.7. The van der Waals surface area contributed by atoms with Gasteiger partial charge < -0.3 is 5.32 Å². The van der Waals surface area contributed by atoms with Gasteiger partial charge in [-0.1, -0.05) is 38.1 Å². The highest BCUT2D eigenvalue weighted by molar-refractivity contribution is 7.17. The molecular weight excluding hydrogens is 464 g/mol. The first-order chi connectivity index (χ1) is 15.4. The molecule has 3 nitrogen and oxygen atoms in total. The van der Waals surface area contributed by atoms with Crippen molar-refractivity contribution >= 4 is 33.1 Å². The summed E-state index contributed by atoms with van der Waals surface area (Å²) in [6.45, 7) is 4.13. The molecule has 1 N–H and O–H groups in total. The number of alkyl halides is 6. The van der Waals surface area contributed by atoms with E-state index in [1.54, 1.807) is 0 Å². The van der Waals surface area contributed by atoms with Crippen LogP contribution in [-0.4, -0.2) is 9.97 Å². The predicted molar refractivity (Wildman–Crippen MR) is 117 cm³/mol. The van der Waals surface area contributed by atoms with Crippen LogP contribution in [-0.2, 0) is 12.4 Å². The fourth-order valence-corrected chi connectivity index (χ4v) is 4.31. The second-order valence-corrected chi connectivity index (χ2v) is 8.61. The van der Waals surface area contributed by atoms with Gasteiger partial charge in [-0.2, -0.15) is 26.3 Å². The van der Waals surface area contributed by atoms with E-state index in [2.05, 4.69) is 29.1 Å². The Labute approximate surface area is 189 Å². The van der Waals surface area contributed by atoms with Crippen LogP contribution in [0.1, 0.15) is 36.5 Å². The van der Waals surface area contributed by atoms with Gasteiger partial charge in [-0.15, -0.1) is 11.3 Å². The fraction of sp³-hybridized carbons (Fsp3) is 0.217. The minimum atomic E-state index is -4.94. The van der Waals surface area contributed by atoms with Crippen molar-refractivity contribution in [3.63, 3.8) is 0 Å². The summed E-state index contributed by atoms with van der Waals surface area (Å²) < 4.78 is 79.4. The number of nitrogens with one attached hydrogen (secondary N) is 1. The molecule has 0 amide bonds. The van der Waals surface area contributed by atoms with Crippen LogP contribution in [0.5, 0.6) is 0 Å². The van der Waals surface area contributed by atoms with Crippen LogP contribution in [0.3, 0.4) is 0 Å². The molecule has 0 radical (unpaired) electrons. The van der Waals surface area contributed by atoms with Crippen LogP contribution in [0.25, 0.3) is 21.3 Å². The molecule has 2 aromatic heterocycles. The first kappa shape index (κ1) is 23.0. The van der Waals surface area contributed by atoms with Crippen LogP contribution < -0.4 is 5.32 Å². The average Bonchev–Trinajstić information content (AvgIpc) is 3.17. The molecular formula is C23H17F6N3S. The quantitative estimate of drug-likeness (QED) is 0.298. The highest BCUT2D eigenvalue weighted by atomic mass is 32.1. The molecule has 33 heavy (non-hydrogen) atoms. The summed E-state index contributed by atoms with van der Waals surface area (Å²) in [6, 6.07) is 9.14. The number of benzene rings is 2. The van der Waals surface area contributed by atoms with Gasteiger partial charge in [0.2, 0.25) is 0 Å². The monoisotopic (exact) mass is 481 g/mol. The maximum Gasteiger partial charge on any atom is 0.416 e. The number of hydrogen-bond donors (Lipinski definition) is 1. The van der Waals surface area contributed by atoms with Gasteiger partial charge in [0.1, 0.15) is 17.0 Å². The lowest BCUT2D eigenvalue weighted by Gasteiger charge is -2.15. The molecule has 10 heteroatoms. The van der Waals surface area contributed by atoms with Crippen molar-refractivity contribution in [2.45, 2.75) is 32.1 Å². The summed E-state index contributed by atoms with van der Waals surface area (Å²) in [7, 11) is 0. The number of rotatable bonds is 4. The van der Waals surface area contributed by atoms with Crippen LogP contribution in [0.4, 0.5) is 37.8 Å². The molecule has 0 spiro atoms. The molecule has 2 aromatic carbocycles. The van der Waals surface area contributed by atoms with Gasteiger partial charge >= 0.3 is 12.4 Å². The molecule has 2 heterocycles. The standard InChI is InChI=1S/C23H17F6N3S/c1-12(2)13-3-5-14(6-4-13)18-10-33-21-19(18)20(30-11-31-21)32-17-8-15(22(24,25)26)7-16(9-17)23(27,28)29/h3-12H,1-2H3,(H,30,31,32). The van der Waals surface area contributed by atoms with Crippen molar-refractivity contribution in [3.8, 4) is 11.1 Å². The van der Waals surface area contributed by atoms with E-state index < -0.39 is 23.5 Å². The van der Waals surface area contributed by atoms with Crippen molar-refractivity contribution in [1.29, 1.82) is 0 Å². The minimum Gasteiger partial charge on any atom is -0.340 e. The van der Waals surface area contributed by atoms with Gasteiger partial charge in [-0.3, -0.25) is 0 Å². The summed E-state index contributed by atoms with van der Waals surface area (Å²) in [5, 5.41) is 5.01. The number of halogens is 6. The molecule has 0 saturated carbocycles. The van der Waals surface area contributed by atoms with Crippen molar-refractivity contribution < 1.29 is 26.3 Å². The third-order valence-electron chi connectivity index (χ3n) is 5.11. The molecule has 0 aliphatic carbocycles. The maximum atomic E-state index is 13.2. The Balaban J connectivity index is 1.81. The molecule has 4 rings (SSSR count). The molecule has 4 aromatic rings. The first-order valence-electron chi connectivity index (χ1n) is 9.82. The lowest BCUT2D eigenvalue weighted by Crippen LogP contribution is -2.11. The zero-order chi connectivity index (χ0) is 24.0. The van der Waals surface area contributed by atoms with Gasteiger partial charge in [-0.25, -0.2) is 9.97 Å². The van der Waals surface area contributed by atoms with E-state index in [9.17, 15) is 26.3 Å². The molecule has 0 bridgehead atoms. The highest BCUT2D eigenvalue weighted by Crippen LogP contribution is 2.41. The van der Waals surface area contributed by atoms with Crippen LogP contribution in [0.15, 0.2) is 54.2 Å². The summed E-state index contributed by atoms with van der Waals surface area (Å²) in [5.41, 5.74) is -0.471. The number of hydrogen-bond acceptors (Lipinski definition) is 4. The van der Waals surface area contributed by atoms with Crippen LogP contribution >= 0.6 is 11.3 Å². The molecule has 0 fully saturated rings. The largest absolute Gasteiger partial charge is 0.416 e. The van der Waals surface area contributed by atoms with Crippen LogP contribution in [0.2, 0.25) is 0 Å². The normalized spacial score (nSPS) is 12.5. The van der Waals surface area contributed by atoms with E-state index in [1.165, 1.54) is 17.7 Å². The average molecular weight is 481 g/mol. The molecule has 0 aliphatic rings. The van der Waals surface area contributed by atoms with E-state index in [-0.39, 0.29) is 17.6 Å². The lowest BCUT2D eigenvalue weighted by molar-refractivity contribution is -0.143. The Bertz CT molecular complexity index is 1260. The van der Waals surface area contributed by atoms with E-state index in [0.717, 1.165) is 16.7 Å². The van der Waals surface area contributed by atoms with Gasteiger partial charge in [0.15, 0.2) is 0 Å². The smallest absolute Gasteiger partial charge is 0.340 e. The van der Waals surface area contributed by atoms with Gasteiger partial charge in [0, 0.05) is 16.6 Å². The van der Waals surface area contributed by atoms with Crippen molar-refractivity contribution in [2.24, 2.45) is 0 Å². The molecule has 0 unspecified atom stereocenters. The SMILES string of the molecule is CC(C)c1ccc(-c2csc3ncnc(Nc4cc(C(F)(F)F)cc(C(F)(F)F)c4)c23)cc1. The van der Waals surface area contributed by atoms with Gasteiger partial charge in [0.05, 0.1) is 16.5 Å². The Morgan fingerprint density at radius 1 is 0.848 bits per heavy atom. The predicted octanol–water partition coefficient (Wildman–Crippen LogP) is 8.26. The van der Waals surface area contributed by atoms with Crippen molar-refractivity contribution in [3.05, 3.63) is 70.9 Å². The van der Waals surface area contributed by atoms with Crippen molar-refractivity contribution in [2.75, 3.05) is 5.32 Å².